The molecule has 1 aromatic carbocycles. The highest BCUT2D eigenvalue weighted by atomic mass is 79.9. The van der Waals surface area contributed by atoms with Gasteiger partial charge in [-0.1, -0.05) is 12.1 Å². The van der Waals surface area contributed by atoms with Crippen LogP contribution in [0, 0.1) is 0 Å². The molecular weight excluding hydrogens is 310 g/mol. The standard InChI is InChI=1S/C14H12BrNO3/c1-18-13-4-2-3-10(5-13)9-19-14(17)11-6-12(15)8-16-7-11/h2-8H,9H2,1H3. The molecule has 0 saturated carbocycles. The molecule has 1 heterocycles. The number of hydrogen-bond acceptors (Lipinski definition) is 4. The Morgan fingerprint density at radius 1 is 1.32 bits per heavy atom. The van der Waals surface area contributed by atoms with E-state index in [1.807, 2.05) is 24.3 Å². The van der Waals surface area contributed by atoms with Crippen molar-refractivity contribution in [2.24, 2.45) is 0 Å². The van der Waals surface area contributed by atoms with Crippen LogP contribution in [0.2, 0.25) is 0 Å². The molecule has 0 aliphatic heterocycles. The van der Waals surface area contributed by atoms with Gasteiger partial charge in [-0.25, -0.2) is 4.79 Å². The Balaban J connectivity index is 2.00. The van der Waals surface area contributed by atoms with Crippen molar-refractivity contribution in [2.45, 2.75) is 6.61 Å². The van der Waals surface area contributed by atoms with Crippen molar-refractivity contribution in [3.05, 3.63) is 58.3 Å². The molecule has 0 radical (unpaired) electrons. The van der Waals surface area contributed by atoms with Gasteiger partial charge in [-0.05, 0) is 39.7 Å². The normalized spacial score (nSPS) is 10.0. The van der Waals surface area contributed by atoms with Crippen molar-refractivity contribution in [1.29, 1.82) is 0 Å². The number of carbonyl (C=O) groups excluding carboxylic acids is 1. The van der Waals surface area contributed by atoms with Crippen molar-refractivity contribution in [3.8, 4) is 5.75 Å². The average molecular weight is 322 g/mol. The summed E-state index contributed by atoms with van der Waals surface area (Å²) < 4.78 is 11.1. The van der Waals surface area contributed by atoms with Gasteiger partial charge in [0, 0.05) is 16.9 Å². The topological polar surface area (TPSA) is 48.4 Å². The Bertz CT molecular complexity index is 586. The zero-order chi connectivity index (χ0) is 13.7. The first-order chi connectivity index (χ1) is 9.19. The molecule has 4 nitrogen and oxygen atoms in total. The predicted molar refractivity (Wildman–Crippen MR) is 74.1 cm³/mol. The van der Waals surface area contributed by atoms with Crippen LogP contribution >= 0.6 is 15.9 Å². The highest BCUT2D eigenvalue weighted by Gasteiger charge is 2.08. The van der Waals surface area contributed by atoms with Gasteiger partial charge in [0.05, 0.1) is 12.7 Å². The van der Waals surface area contributed by atoms with E-state index in [1.165, 1.54) is 6.20 Å². The van der Waals surface area contributed by atoms with Crippen LogP contribution in [0.15, 0.2) is 47.2 Å². The molecule has 0 unspecified atom stereocenters. The molecule has 0 aliphatic carbocycles. The molecule has 0 atom stereocenters. The summed E-state index contributed by atoms with van der Waals surface area (Å²) in [5.41, 5.74) is 1.29. The van der Waals surface area contributed by atoms with E-state index in [-0.39, 0.29) is 6.61 Å². The van der Waals surface area contributed by atoms with Crippen LogP contribution in [0.3, 0.4) is 0 Å². The summed E-state index contributed by atoms with van der Waals surface area (Å²) in [6, 6.07) is 9.05. The Kier molecular flexibility index (Phi) is 4.52. The van der Waals surface area contributed by atoms with Crippen molar-refractivity contribution in [1.82, 2.24) is 4.98 Å². The van der Waals surface area contributed by atoms with Gasteiger partial charge in [0.15, 0.2) is 0 Å². The van der Waals surface area contributed by atoms with E-state index >= 15 is 0 Å². The number of esters is 1. The highest BCUT2D eigenvalue weighted by Crippen LogP contribution is 2.15. The molecule has 0 amide bonds. The molecule has 0 aliphatic rings. The fraction of sp³-hybridized carbons (Fsp3) is 0.143. The van der Waals surface area contributed by atoms with E-state index in [9.17, 15) is 4.79 Å². The van der Waals surface area contributed by atoms with Crippen LogP contribution in [0.25, 0.3) is 0 Å². The Morgan fingerprint density at radius 3 is 2.89 bits per heavy atom. The van der Waals surface area contributed by atoms with Crippen molar-refractivity contribution in [2.75, 3.05) is 7.11 Å². The number of carbonyl (C=O) groups is 1. The lowest BCUT2D eigenvalue weighted by atomic mass is 10.2. The van der Waals surface area contributed by atoms with Crippen LogP contribution < -0.4 is 4.74 Å². The summed E-state index contributed by atoms with van der Waals surface area (Å²) in [6.45, 7) is 0.197. The van der Waals surface area contributed by atoms with Crippen LogP contribution in [0.1, 0.15) is 15.9 Å². The SMILES string of the molecule is COc1cccc(COC(=O)c2cncc(Br)c2)c1. The van der Waals surface area contributed by atoms with Gasteiger partial charge >= 0.3 is 5.97 Å². The number of benzene rings is 1. The van der Waals surface area contributed by atoms with Gasteiger partial charge in [-0.3, -0.25) is 4.98 Å². The fourth-order valence-corrected chi connectivity index (χ4v) is 1.88. The summed E-state index contributed by atoms with van der Waals surface area (Å²) in [4.78, 5) is 15.7. The zero-order valence-corrected chi connectivity index (χ0v) is 11.9. The van der Waals surface area contributed by atoms with Gasteiger partial charge < -0.3 is 9.47 Å². The lowest BCUT2D eigenvalue weighted by Gasteiger charge is -2.06. The van der Waals surface area contributed by atoms with Crippen LogP contribution in [-0.2, 0) is 11.3 Å². The van der Waals surface area contributed by atoms with E-state index < -0.39 is 5.97 Å². The van der Waals surface area contributed by atoms with Crippen molar-refractivity contribution < 1.29 is 14.3 Å². The number of halogens is 1. The fourth-order valence-electron chi connectivity index (χ4n) is 1.52. The van der Waals surface area contributed by atoms with Gasteiger partial charge in [0.1, 0.15) is 12.4 Å². The maximum absolute atomic E-state index is 11.8. The van der Waals surface area contributed by atoms with E-state index in [1.54, 1.807) is 19.4 Å². The molecule has 1 aromatic heterocycles. The summed E-state index contributed by atoms with van der Waals surface area (Å²) in [7, 11) is 1.60. The van der Waals surface area contributed by atoms with E-state index in [4.69, 9.17) is 9.47 Å². The Labute approximate surface area is 119 Å². The first-order valence-electron chi connectivity index (χ1n) is 5.59. The molecule has 0 N–H and O–H groups in total. The van der Waals surface area contributed by atoms with Crippen LogP contribution in [0.5, 0.6) is 5.75 Å². The number of methoxy groups -OCH3 is 1. The zero-order valence-electron chi connectivity index (χ0n) is 10.3. The average Bonchev–Trinajstić information content (AvgIpc) is 2.45. The number of nitrogens with zero attached hydrogens (tertiary/aromatic N) is 1. The maximum atomic E-state index is 11.8. The summed E-state index contributed by atoms with van der Waals surface area (Å²) in [5, 5.41) is 0. The number of rotatable bonds is 4. The summed E-state index contributed by atoms with van der Waals surface area (Å²) >= 11 is 3.26. The third kappa shape index (κ3) is 3.79. The number of aromatic nitrogens is 1. The molecular formula is C14H12BrNO3. The Hall–Kier alpha value is -1.88. The molecule has 0 spiro atoms. The van der Waals surface area contributed by atoms with Gasteiger partial charge in [-0.15, -0.1) is 0 Å². The quantitative estimate of drug-likeness (QED) is 0.811. The molecule has 0 bridgehead atoms. The van der Waals surface area contributed by atoms with Crippen molar-refractivity contribution >= 4 is 21.9 Å². The first kappa shape index (κ1) is 13.5. The second-order valence-electron chi connectivity index (χ2n) is 3.82. The van der Waals surface area contributed by atoms with Crippen molar-refractivity contribution in [3.63, 3.8) is 0 Å². The molecule has 0 fully saturated rings. The smallest absolute Gasteiger partial charge is 0.340 e. The third-order valence-electron chi connectivity index (χ3n) is 2.44. The minimum absolute atomic E-state index is 0.197. The minimum atomic E-state index is -0.406. The van der Waals surface area contributed by atoms with Crippen LogP contribution in [0.4, 0.5) is 0 Å². The van der Waals surface area contributed by atoms with Gasteiger partial charge in [0.2, 0.25) is 0 Å². The molecule has 5 heteroatoms. The van der Waals surface area contributed by atoms with Gasteiger partial charge in [-0.2, -0.15) is 0 Å². The minimum Gasteiger partial charge on any atom is -0.497 e. The van der Waals surface area contributed by atoms with Gasteiger partial charge in [0.25, 0.3) is 0 Å². The molecule has 2 rings (SSSR count). The molecule has 98 valence electrons. The van der Waals surface area contributed by atoms with Crippen LogP contribution in [-0.4, -0.2) is 18.1 Å². The first-order valence-corrected chi connectivity index (χ1v) is 6.39. The lowest BCUT2D eigenvalue weighted by Crippen LogP contribution is -2.05. The van der Waals surface area contributed by atoms with E-state index in [2.05, 4.69) is 20.9 Å². The Morgan fingerprint density at radius 2 is 2.16 bits per heavy atom. The third-order valence-corrected chi connectivity index (χ3v) is 2.88. The van der Waals surface area contributed by atoms with E-state index in [0.717, 1.165) is 15.8 Å². The number of ether oxygens (including phenoxy) is 2. The second kappa shape index (κ2) is 6.33. The predicted octanol–water partition coefficient (Wildman–Crippen LogP) is 3.21. The lowest BCUT2D eigenvalue weighted by molar-refractivity contribution is 0.0472. The monoisotopic (exact) mass is 321 g/mol. The number of hydrogen-bond donors (Lipinski definition) is 0. The second-order valence-corrected chi connectivity index (χ2v) is 4.74. The maximum Gasteiger partial charge on any atom is 0.340 e. The largest absolute Gasteiger partial charge is 0.497 e. The molecule has 0 saturated heterocycles. The van der Waals surface area contributed by atoms with E-state index in [0.29, 0.717) is 5.56 Å². The summed E-state index contributed by atoms with van der Waals surface area (Å²) in [6.07, 6.45) is 3.08. The number of pyridine rings is 1. The summed E-state index contributed by atoms with van der Waals surface area (Å²) in [5.74, 6) is 0.328. The molecule has 19 heavy (non-hydrogen) atoms. The molecule has 2 aromatic rings. The highest BCUT2D eigenvalue weighted by molar-refractivity contribution is 9.10.